The smallest absolute Gasteiger partial charge is 0.123 e. The second-order valence-electron chi connectivity index (χ2n) is 4.58. The summed E-state index contributed by atoms with van der Waals surface area (Å²) in [7, 11) is 0. The van der Waals surface area contributed by atoms with Gasteiger partial charge >= 0.3 is 0 Å². The molecule has 0 saturated carbocycles. The van der Waals surface area contributed by atoms with Gasteiger partial charge in [0.2, 0.25) is 0 Å². The van der Waals surface area contributed by atoms with Crippen LogP contribution in [0.1, 0.15) is 18.1 Å². The van der Waals surface area contributed by atoms with E-state index in [4.69, 9.17) is 0 Å². The first kappa shape index (κ1) is 13.2. The minimum atomic E-state index is -0.960. The highest BCUT2D eigenvalue weighted by atomic mass is 79.9. The van der Waals surface area contributed by atoms with Crippen molar-refractivity contribution in [1.82, 2.24) is 0 Å². The van der Waals surface area contributed by atoms with Crippen LogP contribution in [-0.4, -0.2) is 5.11 Å². The Morgan fingerprint density at radius 2 is 1.61 bits per heavy atom. The molecule has 0 radical (unpaired) electrons. The predicted molar refractivity (Wildman–Crippen MR) is 73.8 cm³/mol. The van der Waals surface area contributed by atoms with Crippen LogP contribution in [0.25, 0.3) is 0 Å². The average molecular weight is 309 g/mol. The molecule has 0 aliphatic heterocycles. The molecule has 2 aromatic rings. The van der Waals surface area contributed by atoms with Crippen LogP contribution in [-0.2, 0) is 12.0 Å². The van der Waals surface area contributed by atoms with Gasteiger partial charge in [-0.3, -0.25) is 0 Å². The lowest BCUT2D eigenvalue weighted by Crippen LogP contribution is -2.24. The Labute approximate surface area is 114 Å². The van der Waals surface area contributed by atoms with E-state index in [1.165, 1.54) is 12.1 Å². The van der Waals surface area contributed by atoms with Crippen LogP contribution >= 0.6 is 15.9 Å². The molecule has 0 amide bonds. The molecular formula is C15H14BrFO. The Kier molecular flexibility index (Phi) is 3.83. The normalized spacial score (nSPS) is 14.2. The number of aliphatic hydroxyl groups is 1. The van der Waals surface area contributed by atoms with Crippen LogP contribution in [0, 0.1) is 5.82 Å². The van der Waals surface area contributed by atoms with Crippen molar-refractivity contribution in [3.05, 3.63) is 69.9 Å². The first-order chi connectivity index (χ1) is 8.47. The van der Waals surface area contributed by atoms with Crippen molar-refractivity contribution in [2.24, 2.45) is 0 Å². The van der Waals surface area contributed by atoms with Gasteiger partial charge in [-0.2, -0.15) is 0 Å². The molecule has 94 valence electrons. The minimum absolute atomic E-state index is 0.262. The highest BCUT2D eigenvalue weighted by Crippen LogP contribution is 2.26. The molecule has 1 atom stereocenters. The number of hydrogen-bond acceptors (Lipinski definition) is 1. The maximum absolute atomic E-state index is 12.8. The first-order valence-corrected chi connectivity index (χ1v) is 6.49. The fourth-order valence-electron chi connectivity index (χ4n) is 1.91. The van der Waals surface area contributed by atoms with Gasteiger partial charge in [0.05, 0.1) is 5.60 Å². The third kappa shape index (κ3) is 3.18. The molecule has 1 nitrogen and oxygen atoms in total. The van der Waals surface area contributed by atoms with Gasteiger partial charge in [-0.05, 0) is 42.3 Å². The molecule has 1 unspecified atom stereocenters. The van der Waals surface area contributed by atoms with Crippen molar-refractivity contribution in [3.8, 4) is 0 Å². The second-order valence-corrected chi connectivity index (χ2v) is 5.50. The Balaban J connectivity index is 2.20. The Morgan fingerprint density at radius 1 is 1.06 bits per heavy atom. The summed E-state index contributed by atoms with van der Waals surface area (Å²) in [5.41, 5.74) is 0.790. The molecule has 0 aliphatic carbocycles. The number of hydrogen-bond donors (Lipinski definition) is 1. The van der Waals surface area contributed by atoms with Gasteiger partial charge in [0, 0.05) is 10.9 Å². The maximum Gasteiger partial charge on any atom is 0.123 e. The zero-order chi connectivity index (χ0) is 13.2. The molecule has 0 bridgehead atoms. The molecule has 3 heteroatoms. The monoisotopic (exact) mass is 308 g/mol. The summed E-state index contributed by atoms with van der Waals surface area (Å²) in [6, 6.07) is 13.8. The number of halogens is 2. The molecule has 2 aromatic carbocycles. The van der Waals surface area contributed by atoms with E-state index in [1.807, 2.05) is 24.3 Å². The van der Waals surface area contributed by atoms with E-state index in [9.17, 15) is 9.50 Å². The molecular weight excluding hydrogens is 295 g/mol. The topological polar surface area (TPSA) is 20.2 Å². The van der Waals surface area contributed by atoms with Gasteiger partial charge < -0.3 is 5.11 Å². The van der Waals surface area contributed by atoms with Crippen molar-refractivity contribution in [1.29, 1.82) is 0 Å². The zero-order valence-corrected chi connectivity index (χ0v) is 11.6. The quantitative estimate of drug-likeness (QED) is 0.907. The lowest BCUT2D eigenvalue weighted by molar-refractivity contribution is 0.0576. The lowest BCUT2D eigenvalue weighted by atomic mass is 9.89. The fraction of sp³-hybridized carbons (Fsp3) is 0.200. The molecule has 1 N–H and O–H groups in total. The molecule has 18 heavy (non-hydrogen) atoms. The van der Waals surface area contributed by atoms with Crippen LogP contribution in [0.4, 0.5) is 4.39 Å². The maximum atomic E-state index is 12.8. The predicted octanol–water partition coefficient (Wildman–Crippen LogP) is 4.04. The minimum Gasteiger partial charge on any atom is -0.385 e. The fourth-order valence-corrected chi connectivity index (χ4v) is 2.18. The molecule has 0 spiro atoms. The zero-order valence-electron chi connectivity index (χ0n) is 10.0. The van der Waals surface area contributed by atoms with Gasteiger partial charge in [0.15, 0.2) is 0 Å². The van der Waals surface area contributed by atoms with Gasteiger partial charge in [-0.25, -0.2) is 4.39 Å². The summed E-state index contributed by atoms with van der Waals surface area (Å²) in [4.78, 5) is 0. The largest absolute Gasteiger partial charge is 0.385 e. The molecule has 0 aliphatic rings. The third-order valence-corrected chi connectivity index (χ3v) is 3.46. The summed E-state index contributed by atoms with van der Waals surface area (Å²) < 4.78 is 13.8. The average Bonchev–Trinajstić information content (AvgIpc) is 2.32. The van der Waals surface area contributed by atoms with Crippen LogP contribution in [0.2, 0.25) is 0 Å². The van der Waals surface area contributed by atoms with E-state index >= 15 is 0 Å². The van der Waals surface area contributed by atoms with Crippen molar-refractivity contribution in [2.45, 2.75) is 18.9 Å². The Bertz CT molecular complexity index is 517. The van der Waals surface area contributed by atoms with E-state index in [1.54, 1.807) is 19.1 Å². The van der Waals surface area contributed by atoms with Gasteiger partial charge in [-0.1, -0.05) is 40.2 Å². The highest BCUT2D eigenvalue weighted by molar-refractivity contribution is 9.10. The number of rotatable bonds is 3. The lowest BCUT2D eigenvalue weighted by Gasteiger charge is -2.24. The molecule has 0 aromatic heterocycles. The second kappa shape index (κ2) is 5.21. The van der Waals surface area contributed by atoms with E-state index in [-0.39, 0.29) is 5.82 Å². The van der Waals surface area contributed by atoms with Crippen LogP contribution < -0.4 is 0 Å². The molecule has 0 heterocycles. The molecule has 0 fully saturated rings. The van der Waals surface area contributed by atoms with Crippen LogP contribution in [0.15, 0.2) is 53.0 Å². The van der Waals surface area contributed by atoms with Gasteiger partial charge in [-0.15, -0.1) is 0 Å². The van der Waals surface area contributed by atoms with Crippen LogP contribution in [0.5, 0.6) is 0 Å². The van der Waals surface area contributed by atoms with E-state index < -0.39 is 5.60 Å². The summed E-state index contributed by atoms with van der Waals surface area (Å²) in [5.74, 6) is -0.262. The summed E-state index contributed by atoms with van der Waals surface area (Å²) >= 11 is 3.36. The van der Waals surface area contributed by atoms with Crippen LogP contribution in [0.3, 0.4) is 0 Å². The standard InChI is InChI=1S/C15H14BrFO/c1-15(18,12-4-6-13(16)7-5-12)10-11-2-8-14(17)9-3-11/h2-9,18H,10H2,1H3. The first-order valence-electron chi connectivity index (χ1n) is 5.70. The van der Waals surface area contributed by atoms with E-state index in [0.717, 1.165) is 15.6 Å². The van der Waals surface area contributed by atoms with E-state index in [2.05, 4.69) is 15.9 Å². The third-order valence-electron chi connectivity index (χ3n) is 2.93. The van der Waals surface area contributed by atoms with Gasteiger partial charge in [0.25, 0.3) is 0 Å². The number of benzene rings is 2. The van der Waals surface area contributed by atoms with E-state index in [0.29, 0.717) is 6.42 Å². The van der Waals surface area contributed by atoms with Crippen molar-refractivity contribution in [3.63, 3.8) is 0 Å². The van der Waals surface area contributed by atoms with Crippen molar-refractivity contribution in [2.75, 3.05) is 0 Å². The highest BCUT2D eigenvalue weighted by Gasteiger charge is 2.23. The Hall–Kier alpha value is -1.19. The Morgan fingerprint density at radius 3 is 2.17 bits per heavy atom. The van der Waals surface area contributed by atoms with Crippen molar-refractivity contribution >= 4 is 15.9 Å². The molecule has 2 rings (SSSR count). The summed E-state index contributed by atoms with van der Waals surface area (Å²) in [6.45, 7) is 1.76. The van der Waals surface area contributed by atoms with Crippen molar-refractivity contribution < 1.29 is 9.50 Å². The summed E-state index contributed by atoms with van der Waals surface area (Å²) in [5, 5.41) is 10.5. The summed E-state index contributed by atoms with van der Waals surface area (Å²) in [6.07, 6.45) is 0.453. The SMILES string of the molecule is CC(O)(Cc1ccc(F)cc1)c1ccc(Br)cc1. The molecule has 0 saturated heterocycles. The van der Waals surface area contributed by atoms with Gasteiger partial charge in [0.1, 0.15) is 5.82 Å².